The summed E-state index contributed by atoms with van der Waals surface area (Å²) >= 11 is 0. The molecule has 96 valence electrons. The highest BCUT2D eigenvalue weighted by atomic mass is 19.2. The third kappa shape index (κ3) is 2.50. The molecule has 0 saturated heterocycles. The summed E-state index contributed by atoms with van der Waals surface area (Å²) in [5, 5.41) is 8.53. The number of carboxylic acids is 1. The Balaban J connectivity index is 3.21. The number of halogens is 2. The van der Waals surface area contributed by atoms with Crippen molar-refractivity contribution >= 4 is 17.7 Å². The molecule has 0 bridgehead atoms. The van der Waals surface area contributed by atoms with Crippen LogP contribution in [0.4, 0.5) is 8.78 Å². The monoisotopic (exact) mass is 258 g/mol. The van der Waals surface area contributed by atoms with Gasteiger partial charge in [0.2, 0.25) is 0 Å². The Kier molecular flexibility index (Phi) is 4.09. The van der Waals surface area contributed by atoms with Crippen molar-refractivity contribution in [2.45, 2.75) is 6.92 Å². The molecular formula is C11H8F2O5. The second-order valence-electron chi connectivity index (χ2n) is 3.14. The Morgan fingerprint density at radius 1 is 1.17 bits per heavy atom. The molecular weight excluding hydrogens is 250 g/mol. The van der Waals surface area contributed by atoms with Gasteiger partial charge in [-0.3, -0.25) is 4.79 Å². The first-order valence-electron chi connectivity index (χ1n) is 4.82. The molecule has 1 rings (SSSR count). The summed E-state index contributed by atoms with van der Waals surface area (Å²) in [6.07, 6.45) is 0. The van der Waals surface area contributed by atoms with E-state index in [0.29, 0.717) is 6.07 Å². The van der Waals surface area contributed by atoms with Crippen molar-refractivity contribution in [1.82, 2.24) is 0 Å². The van der Waals surface area contributed by atoms with Crippen LogP contribution in [0.5, 0.6) is 0 Å². The van der Waals surface area contributed by atoms with Crippen LogP contribution in [0.2, 0.25) is 0 Å². The Bertz CT molecular complexity index is 524. The first-order chi connectivity index (χ1) is 8.40. The van der Waals surface area contributed by atoms with Gasteiger partial charge in [-0.1, -0.05) is 0 Å². The molecule has 5 nitrogen and oxygen atoms in total. The number of Topliss-reactive ketones (excluding diaryl/α,β-unsaturated/α-hetero) is 1. The van der Waals surface area contributed by atoms with Crippen LogP contribution >= 0.6 is 0 Å². The summed E-state index contributed by atoms with van der Waals surface area (Å²) in [7, 11) is 0. The summed E-state index contributed by atoms with van der Waals surface area (Å²) in [5.74, 6) is -7.77. The van der Waals surface area contributed by atoms with Crippen LogP contribution in [0.15, 0.2) is 12.1 Å². The van der Waals surface area contributed by atoms with Gasteiger partial charge in [0.15, 0.2) is 11.6 Å². The smallest absolute Gasteiger partial charge is 0.379 e. The molecule has 0 amide bonds. The molecule has 7 heteroatoms. The highest BCUT2D eigenvalue weighted by molar-refractivity contribution is 6.40. The van der Waals surface area contributed by atoms with E-state index in [9.17, 15) is 23.2 Å². The van der Waals surface area contributed by atoms with Crippen LogP contribution in [0, 0.1) is 11.6 Å². The van der Waals surface area contributed by atoms with Gasteiger partial charge in [-0.2, -0.15) is 0 Å². The summed E-state index contributed by atoms with van der Waals surface area (Å²) in [4.78, 5) is 32.9. The molecule has 0 aliphatic carbocycles. The predicted octanol–water partition coefficient (Wildman–Crippen LogP) is 1.41. The number of esters is 1. The van der Waals surface area contributed by atoms with Crippen molar-refractivity contribution in [3.05, 3.63) is 34.9 Å². The number of ketones is 1. The summed E-state index contributed by atoms with van der Waals surface area (Å²) in [5.41, 5.74) is -1.79. The zero-order chi connectivity index (χ0) is 13.9. The maximum Gasteiger partial charge on any atom is 0.379 e. The number of carboxylic acid groups (broad SMARTS) is 1. The number of rotatable bonds is 4. The van der Waals surface area contributed by atoms with Gasteiger partial charge >= 0.3 is 11.9 Å². The van der Waals surface area contributed by atoms with E-state index in [1.165, 1.54) is 6.92 Å². The van der Waals surface area contributed by atoms with Crippen molar-refractivity contribution < 1.29 is 33.0 Å². The lowest BCUT2D eigenvalue weighted by molar-refractivity contribution is -0.137. The van der Waals surface area contributed by atoms with Crippen molar-refractivity contribution in [3.63, 3.8) is 0 Å². The molecule has 1 aromatic carbocycles. The Morgan fingerprint density at radius 2 is 1.67 bits per heavy atom. The molecule has 0 radical (unpaired) electrons. The van der Waals surface area contributed by atoms with Crippen LogP contribution < -0.4 is 0 Å². The fourth-order valence-corrected chi connectivity index (χ4v) is 1.20. The SMILES string of the molecule is CCOC(=O)C(=O)c1ccc(C(=O)O)c(F)c1F. The lowest BCUT2D eigenvalue weighted by Gasteiger charge is -2.04. The van der Waals surface area contributed by atoms with E-state index in [1.54, 1.807) is 0 Å². The van der Waals surface area contributed by atoms with Crippen LogP contribution in [0.25, 0.3) is 0 Å². The molecule has 1 N–H and O–H groups in total. The maximum atomic E-state index is 13.4. The van der Waals surface area contributed by atoms with Gasteiger partial charge < -0.3 is 9.84 Å². The molecule has 0 aliphatic heterocycles. The molecule has 1 aromatic rings. The minimum absolute atomic E-state index is 0.0954. The minimum atomic E-state index is -1.70. The highest BCUT2D eigenvalue weighted by Gasteiger charge is 2.26. The van der Waals surface area contributed by atoms with Crippen LogP contribution in [-0.4, -0.2) is 29.4 Å². The zero-order valence-corrected chi connectivity index (χ0v) is 9.20. The standard InChI is InChI=1S/C11H8F2O5/c1-2-18-11(17)9(14)5-3-4-6(10(15)16)8(13)7(5)12/h3-4H,2H2,1H3,(H,15,16). The predicted molar refractivity (Wildman–Crippen MR) is 54.3 cm³/mol. The Hall–Kier alpha value is -2.31. The van der Waals surface area contributed by atoms with Gasteiger partial charge in [-0.25, -0.2) is 18.4 Å². The number of aromatic carboxylic acids is 1. The number of ether oxygens (including phenoxy) is 1. The van der Waals surface area contributed by atoms with E-state index in [-0.39, 0.29) is 6.61 Å². The Labute approximate surface area is 100.0 Å². The fourth-order valence-electron chi connectivity index (χ4n) is 1.20. The van der Waals surface area contributed by atoms with E-state index >= 15 is 0 Å². The van der Waals surface area contributed by atoms with Crippen LogP contribution in [0.1, 0.15) is 27.6 Å². The molecule has 0 spiro atoms. The number of hydrogen-bond acceptors (Lipinski definition) is 4. The average Bonchev–Trinajstić information content (AvgIpc) is 2.31. The molecule has 0 heterocycles. The van der Waals surface area contributed by atoms with Gasteiger partial charge in [0.1, 0.15) is 0 Å². The molecule has 0 atom stereocenters. The Morgan fingerprint density at radius 3 is 2.17 bits per heavy atom. The van der Waals surface area contributed by atoms with Crippen molar-refractivity contribution in [2.75, 3.05) is 6.61 Å². The van der Waals surface area contributed by atoms with E-state index in [1.807, 2.05) is 0 Å². The van der Waals surface area contributed by atoms with Crippen molar-refractivity contribution in [1.29, 1.82) is 0 Å². The number of benzene rings is 1. The van der Waals surface area contributed by atoms with E-state index in [2.05, 4.69) is 4.74 Å². The zero-order valence-electron chi connectivity index (χ0n) is 9.20. The first-order valence-corrected chi connectivity index (χ1v) is 4.82. The first kappa shape index (κ1) is 13.8. The summed E-state index contributed by atoms with van der Waals surface area (Å²) in [6, 6.07) is 1.42. The lowest BCUT2D eigenvalue weighted by Crippen LogP contribution is -2.20. The minimum Gasteiger partial charge on any atom is -0.478 e. The van der Waals surface area contributed by atoms with Crippen LogP contribution in [-0.2, 0) is 9.53 Å². The second-order valence-corrected chi connectivity index (χ2v) is 3.14. The van der Waals surface area contributed by atoms with Gasteiger partial charge in [-0.15, -0.1) is 0 Å². The number of hydrogen-bond donors (Lipinski definition) is 1. The topological polar surface area (TPSA) is 80.7 Å². The summed E-state index contributed by atoms with van der Waals surface area (Å²) < 4.78 is 31.0. The summed E-state index contributed by atoms with van der Waals surface area (Å²) in [6.45, 7) is 1.34. The molecule has 18 heavy (non-hydrogen) atoms. The van der Waals surface area contributed by atoms with Gasteiger partial charge in [0.05, 0.1) is 17.7 Å². The number of carbonyl (C=O) groups is 3. The highest BCUT2D eigenvalue weighted by Crippen LogP contribution is 2.17. The molecule has 0 fully saturated rings. The largest absolute Gasteiger partial charge is 0.478 e. The van der Waals surface area contributed by atoms with E-state index < -0.39 is 40.5 Å². The number of carbonyl (C=O) groups excluding carboxylic acids is 2. The normalized spacial score (nSPS) is 9.94. The molecule has 0 aromatic heterocycles. The van der Waals surface area contributed by atoms with Crippen molar-refractivity contribution in [2.24, 2.45) is 0 Å². The van der Waals surface area contributed by atoms with Crippen molar-refractivity contribution in [3.8, 4) is 0 Å². The second kappa shape index (κ2) is 5.35. The third-order valence-corrected chi connectivity index (χ3v) is 2.02. The quantitative estimate of drug-likeness (QED) is 0.501. The van der Waals surface area contributed by atoms with E-state index in [0.717, 1.165) is 6.07 Å². The van der Waals surface area contributed by atoms with Gasteiger partial charge in [-0.05, 0) is 19.1 Å². The fraction of sp³-hybridized carbons (Fsp3) is 0.182. The van der Waals surface area contributed by atoms with E-state index in [4.69, 9.17) is 5.11 Å². The lowest BCUT2D eigenvalue weighted by atomic mass is 10.1. The van der Waals surface area contributed by atoms with Gasteiger partial charge in [0, 0.05) is 0 Å². The molecule has 0 aliphatic rings. The van der Waals surface area contributed by atoms with Crippen LogP contribution in [0.3, 0.4) is 0 Å². The van der Waals surface area contributed by atoms with Gasteiger partial charge in [0.25, 0.3) is 5.78 Å². The molecule has 0 unspecified atom stereocenters. The maximum absolute atomic E-state index is 13.4. The average molecular weight is 258 g/mol. The third-order valence-electron chi connectivity index (χ3n) is 2.02. The molecule has 0 saturated carbocycles.